The third kappa shape index (κ3) is 11.3. The van der Waals surface area contributed by atoms with Crippen LogP contribution in [0.4, 0.5) is 8.78 Å². The van der Waals surface area contributed by atoms with Gasteiger partial charge in [0.05, 0.1) is 12.2 Å². The molecule has 1 atom stereocenters. The first-order chi connectivity index (χ1) is 14.5. The van der Waals surface area contributed by atoms with Crippen LogP contribution < -0.4 is 0 Å². The normalized spacial score (nSPS) is 11.9. The van der Waals surface area contributed by atoms with Crippen LogP contribution in [0.1, 0.15) is 103 Å². The molecule has 0 radical (unpaired) electrons. The molecule has 1 unspecified atom stereocenters. The van der Waals surface area contributed by atoms with Crippen molar-refractivity contribution in [2.75, 3.05) is 6.61 Å². The van der Waals surface area contributed by atoms with Gasteiger partial charge in [-0.15, -0.1) is 0 Å². The maximum Gasteiger partial charge on any atom is 0.306 e. The molecule has 0 saturated heterocycles. The van der Waals surface area contributed by atoms with E-state index in [1.54, 1.807) is 0 Å². The topological polar surface area (TPSA) is 52.6 Å². The van der Waals surface area contributed by atoms with Gasteiger partial charge in [0.1, 0.15) is 17.7 Å². The van der Waals surface area contributed by atoms with Gasteiger partial charge >= 0.3 is 11.9 Å². The van der Waals surface area contributed by atoms with E-state index in [0.29, 0.717) is 6.61 Å². The average molecular weight is 427 g/mol. The first-order valence-electron chi connectivity index (χ1n) is 11.2. The third-order valence-electron chi connectivity index (χ3n) is 4.99. The van der Waals surface area contributed by atoms with E-state index in [-0.39, 0.29) is 30.8 Å². The predicted octanol–water partition coefficient (Wildman–Crippen LogP) is 6.81. The Hall–Kier alpha value is -1.98. The first-order valence-corrected chi connectivity index (χ1v) is 11.2. The maximum atomic E-state index is 13.7. The van der Waals surface area contributed by atoms with Crippen molar-refractivity contribution in [1.29, 1.82) is 0 Å². The van der Waals surface area contributed by atoms with Gasteiger partial charge < -0.3 is 9.47 Å². The highest BCUT2D eigenvalue weighted by Gasteiger charge is 2.19. The van der Waals surface area contributed by atoms with Crippen LogP contribution in [0.25, 0.3) is 0 Å². The number of hydrogen-bond donors (Lipinski definition) is 0. The molecule has 0 aliphatic carbocycles. The van der Waals surface area contributed by atoms with E-state index in [1.165, 1.54) is 51.5 Å². The molecule has 6 heteroatoms. The summed E-state index contributed by atoms with van der Waals surface area (Å²) in [6.45, 7) is 4.03. The number of unbranched alkanes of at least 4 members (excludes halogenated alkanes) is 8. The highest BCUT2D eigenvalue weighted by atomic mass is 19.1. The molecule has 0 fully saturated rings. The third-order valence-corrected chi connectivity index (χ3v) is 4.99. The van der Waals surface area contributed by atoms with Crippen LogP contribution >= 0.6 is 0 Å². The molecule has 0 heterocycles. The fourth-order valence-electron chi connectivity index (χ4n) is 3.26. The molecular formula is C24H36F2O4. The standard InChI is InChI=1S/C24H36F2O4/c1-3-4-5-6-7-8-9-10-11-18-29-22(27)16-13-17-23(28)30-19(2)24-20(25)14-12-15-21(24)26/h12,14-15,19H,3-11,13,16-18H2,1-2H3. The number of halogens is 2. The lowest BCUT2D eigenvalue weighted by molar-refractivity contribution is -0.149. The van der Waals surface area contributed by atoms with Gasteiger partial charge in [-0.1, -0.05) is 64.4 Å². The van der Waals surface area contributed by atoms with Crippen molar-refractivity contribution in [2.45, 2.75) is 97.0 Å². The van der Waals surface area contributed by atoms with E-state index in [1.807, 2.05) is 0 Å². The van der Waals surface area contributed by atoms with E-state index < -0.39 is 23.7 Å². The SMILES string of the molecule is CCCCCCCCCCCOC(=O)CCCC(=O)OC(C)c1c(F)cccc1F. The second kappa shape index (κ2) is 15.8. The molecule has 0 bridgehead atoms. The number of esters is 2. The smallest absolute Gasteiger partial charge is 0.306 e. The molecule has 4 nitrogen and oxygen atoms in total. The molecule has 0 aromatic heterocycles. The molecular weight excluding hydrogens is 390 g/mol. The lowest BCUT2D eigenvalue weighted by Gasteiger charge is -2.15. The fraction of sp³-hybridized carbons (Fsp3) is 0.667. The van der Waals surface area contributed by atoms with Crippen LogP contribution in [0, 0.1) is 11.6 Å². The maximum absolute atomic E-state index is 13.7. The molecule has 0 aliphatic rings. The summed E-state index contributed by atoms with van der Waals surface area (Å²) >= 11 is 0. The van der Waals surface area contributed by atoms with E-state index in [2.05, 4.69) is 6.92 Å². The zero-order chi connectivity index (χ0) is 22.2. The quantitative estimate of drug-likeness (QED) is 0.215. The molecule has 0 spiro atoms. The molecule has 0 amide bonds. The molecule has 170 valence electrons. The Kier molecular flexibility index (Phi) is 13.7. The van der Waals surface area contributed by atoms with Gasteiger partial charge in [-0.2, -0.15) is 0 Å². The summed E-state index contributed by atoms with van der Waals surface area (Å²) in [6, 6.07) is 3.49. The summed E-state index contributed by atoms with van der Waals surface area (Å²) in [5.41, 5.74) is -0.272. The fourth-order valence-corrected chi connectivity index (χ4v) is 3.26. The number of benzene rings is 1. The summed E-state index contributed by atoms with van der Waals surface area (Å²) in [4.78, 5) is 23.6. The van der Waals surface area contributed by atoms with Crippen LogP contribution in [-0.2, 0) is 19.1 Å². The number of carbonyl (C=O) groups is 2. The van der Waals surface area contributed by atoms with Crippen LogP contribution in [0.5, 0.6) is 0 Å². The van der Waals surface area contributed by atoms with Crippen LogP contribution in [0.3, 0.4) is 0 Å². The Labute approximate surface area is 179 Å². The molecule has 1 rings (SSSR count). The van der Waals surface area contributed by atoms with Crippen LogP contribution in [-0.4, -0.2) is 18.5 Å². The van der Waals surface area contributed by atoms with Crippen LogP contribution in [0.15, 0.2) is 18.2 Å². The molecule has 30 heavy (non-hydrogen) atoms. The minimum absolute atomic E-state index is 0.00641. The number of rotatable bonds is 16. The summed E-state index contributed by atoms with van der Waals surface area (Å²) in [7, 11) is 0. The van der Waals surface area contributed by atoms with Crippen molar-refractivity contribution < 1.29 is 27.8 Å². The zero-order valence-corrected chi connectivity index (χ0v) is 18.4. The van der Waals surface area contributed by atoms with Crippen molar-refractivity contribution in [1.82, 2.24) is 0 Å². The van der Waals surface area contributed by atoms with Crippen molar-refractivity contribution in [2.24, 2.45) is 0 Å². The van der Waals surface area contributed by atoms with Gasteiger partial charge in [-0.05, 0) is 31.9 Å². The van der Waals surface area contributed by atoms with E-state index in [9.17, 15) is 18.4 Å². The number of hydrogen-bond acceptors (Lipinski definition) is 4. The van der Waals surface area contributed by atoms with Gasteiger partial charge in [-0.3, -0.25) is 9.59 Å². The molecule has 0 N–H and O–H groups in total. The van der Waals surface area contributed by atoms with E-state index in [4.69, 9.17) is 9.47 Å². The predicted molar refractivity (Wildman–Crippen MR) is 113 cm³/mol. The second-order valence-electron chi connectivity index (χ2n) is 7.67. The van der Waals surface area contributed by atoms with E-state index in [0.717, 1.165) is 31.4 Å². The molecule has 0 aliphatic heterocycles. The van der Waals surface area contributed by atoms with Crippen LogP contribution in [0.2, 0.25) is 0 Å². The van der Waals surface area contributed by atoms with Crippen molar-refractivity contribution >= 4 is 11.9 Å². The lowest BCUT2D eigenvalue weighted by Crippen LogP contribution is -2.12. The Morgan fingerprint density at radius 3 is 1.97 bits per heavy atom. The van der Waals surface area contributed by atoms with Gasteiger partial charge in [0.25, 0.3) is 0 Å². The summed E-state index contributed by atoms with van der Waals surface area (Å²) in [5, 5.41) is 0. The van der Waals surface area contributed by atoms with Gasteiger partial charge in [-0.25, -0.2) is 8.78 Å². The minimum atomic E-state index is -1.03. The highest BCUT2D eigenvalue weighted by Crippen LogP contribution is 2.24. The van der Waals surface area contributed by atoms with E-state index >= 15 is 0 Å². The van der Waals surface area contributed by atoms with Crippen molar-refractivity contribution in [3.05, 3.63) is 35.4 Å². The first kappa shape index (κ1) is 26.1. The Bertz CT molecular complexity index is 613. The largest absolute Gasteiger partial charge is 0.466 e. The monoisotopic (exact) mass is 426 g/mol. The highest BCUT2D eigenvalue weighted by molar-refractivity contribution is 5.72. The number of carbonyl (C=O) groups excluding carboxylic acids is 2. The summed E-state index contributed by atoms with van der Waals surface area (Å²) < 4.78 is 37.6. The Balaban J connectivity index is 2.06. The second-order valence-corrected chi connectivity index (χ2v) is 7.67. The number of ether oxygens (including phenoxy) is 2. The zero-order valence-electron chi connectivity index (χ0n) is 18.4. The summed E-state index contributed by atoms with van der Waals surface area (Å²) in [6.07, 6.45) is 10.1. The summed E-state index contributed by atoms with van der Waals surface area (Å²) in [5.74, 6) is -2.45. The van der Waals surface area contributed by atoms with Gasteiger partial charge in [0, 0.05) is 12.8 Å². The van der Waals surface area contributed by atoms with Gasteiger partial charge in [0.15, 0.2) is 0 Å². The minimum Gasteiger partial charge on any atom is -0.466 e. The lowest BCUT2D eigenvalue weighted by atomic mass is 10.1. The van der Waals surface area contributed by atoms with Crippen molar-refractivity contribution in [3.8, 4) is 0 Å². The Morgan fingerprint density at radius 2 is 1.37 bits per heavy atom. The molecule has 0 saturated carbocycles. The van der Waals surface area contributed by atoms with Crippen molar-refractivity contribution in [3.63, 3.8) is 0 Å². The average Bonchev–Trinajstić information content (AvgIpc) is 2.69. The molecule has 1 aromatic rings. The molecule has 1 aromatic carbocycles. The Morgan fingerprint density at radius 1 is 0.833 bits per heavy atom. The van der Waals surface area contributed by atoms with Gasteiger partial charge in [0.2, 0.25) is 0 Å².